The Hall–Kier alpha value is -3.11. The summed E-state index contributed by atoms with van der Waals surface area (Å²) in [4.78, 5) is 24.4. The first-order chi connectivity index (χ1) is 14.6. The van der Waals surface area contributed by atoms with Gasteiger partial charge in [-0.05, 0) is 36.8 Å². The van der Waals surface area contributed by atoms with Crippen molar-refractivity contribution in [3.05, 3.63) is 59.2 Å². The molecule has 0 unspecified atom stereocenters. The van der Waals surface area contributed by atoms with E-state index in [1.54, 1.807) is 12.1 Å². The van der Waals surface area contributed by atoms with E-state index in [4.69, 9.17) is 9.47 Å². The third kappa shape index (κ3) is 5.08. The smallest absolute Gasteiger partial charge is 0.257 e. The van der Waals surface area contributed by atoms with E-state index in [9.17, 15) is 9.59 Å². The van der Waals surface area contributed by atoms with Gasteiger partial charge in [0.2, 0.25) is 17.8 Å². The van der Waals surface area contributed by atoms with Gasteiger partial charge in [0.1, 0.15) is 0 Å². The molecule has 10 heteroatoms. The number of ether oxygens (including phenoxy) is 2. The first kappa shape index (κ1) is 20.2. The van der Waals surface area contributed by atoms with Crippen LogP contribution in [-0.2, 0) is 11.3 Å². The molecule has 0 atom stereocenters. The molecular weight excluding hydrogens is 424 g/mol. The molecule has 0 spiro atoms. The van der Waals surface area contributed by atoms with Crippen LogP contribution in [0.25, 0.3) is 0 Å². The van der Waals surface area contributed by atoms with Crippen LogP contribution < -0.4 is 20.1 Å². The zero-order chi connectivity index (χ0) is 20.9. The third-order valence-corrected chi connectivity index (χ3v) is 6.17. The lowest BCUT2D eigenvalue weighted by Gasteiger charge is -2.05. The van der Waals surface area contributed by atoms with Crippen LogP contribution >= 0.6 is 23.1 Å². The van der Waals surface area contributed by atoms with Gasteiger partial charge in [0, 0.05) is 12.1 Å². The van der Waals surface area contributed by atoms with Gasteiger partial charge in [-0.2, -0.15) is 0 Å². The second-order valence-electron chi connectivity index (χ2n) is 6.45. The van der Waals surface area contributed by atoms with E-state index in [-0.39, 0.29) is 24.4 Å². The zero-order valence-corrected chi connectivity index (χ0v) is 17.6. The number of thioether (sulfide) groups is 1. The fourth-order valence-electron chi connectivity index (χ4n) is 2.62. The molecule has 2 N–H and O–H groups in total. The van der Waals surface area contributed by atoms with E-state index in [0.29, 0.717) is 33.1 Å². The number of aryl methyl sites for hydroxylation is 1. The minimum Gasteiger partial charge on any atom is -0.454 e. The lowest BCUT2D eigenvalue weighted by Crippen LogP contribution is -2.24. The number of nitrogens with zero attached hydrogens (tertiary/aromatic N) is 2. The maximum atomic E-state index is 12.2. The average molecular weight is 443 g/mol. The van der Waals surface area contributed by atoms with Gasteiger partial charge in [0.05, 0.1) is 5.75 Å². The number of anilines is 1. The highest BCUT2D eigenvalue weighted by atomic mass is 32.2. The molecule has 8 nitrogen and oxygen atoms in total. The van der Waals surface area contributed by atoms with Gasteiger partial charge in [0.25, 0.3) is 5.91 Å². The lowest BCUT2D eigenvalue weighted by molar-refractivity contribution is -0.118. The summed E-state index contributed by atoms with van der Waals surface area (Å²) in [6.07, 6.45) is 0. The number of aromatic nitrogens is 2. The fourth-order valence-corrected chi connectivity index (χ4v) is 4.20. The lowest BCUT2D eigenvalue weighted by atomic mass is 10.1. The topological polar surface area (TPSA) is 102 Å². The van der Waals surface area contributed by atoms with Crippen molar-refractivity contribution in [1.82, 2.24) is 15.5 Å². The molecule has 0 saturated heterocycles. The van der Waals surface area contributed by atoms with Gasteiger partial charge in [-0.3, -0.25) is 14.9 Å². The van der Waals surface area contributed by atoms with Crippen molar-refractivity contribution >= 4 is 40.0 Å². The highest BCUT2D eigenvalue weighted by Crippen LogP contribution is 2.32. The standard InChI is InChI=1S/C20H18N4O4S2/c1-12-2-5-14(6-3-12)18(26)22-19-23-24-20(30-19)29-10-17(25)21-9-13-4-7-15-16(8-13)28-11-27-15/h2-8H,9-11H2,1H3,(H,21,25)(H,22,23,26). The predicted octanol–water partition coefficient (Wildman–Crippen LogP) is 3.24. The monoisotopic (exact) mass is 442 g/mol. The zero-order valence-electron chi connectivity index (χ0n) is 16.0. The summed E-state index contributed by atoms with van der Waals surface area (Å²) in [6, 6.07) is 12.8. The number of nitrogens with one attached hydrogen (secondary N) is 2. The quantitative estimate of drug-likeness (QED) is 0.428. The van der Waals surface area contributed by atoms with Crippen molar-refractivity contribution in [2.75, 3.05) is 17.9 Å². The molecule has 154 valence electrons. The van der Waals surface area contributed by atoms with Crippen LogP contribution in [0.1, 0.15) is 21.5 Å². The maximum Gasteiger partial charge on any atom is 0.257 e. The Morgan fingerprint density at radius 2 is 1.90 bits per heavy atom. The van der Waals surface area contributed by atoms with Crippen molar-refractivity contribution in [3.8, 4) is 11.5 Å². The summed E-state index contributed by atoms with van der Waals surface area (Å²) in [7, 11) is 0. The van der Waals surface area contributed by atoms with Crippen molar-refractivity contribution in [2.45, 2.75) is 17.8 Å². The minimum atomic E-state index is -0.246. The van der Waals surface area contributed by atoms with E-state index in [0.717, 1.165) is 11.1 Å². The summed E-state index contributed by atoms with van der Waals surface area (Å²) < 4.78 is 11.2. The van der Waals surface area contributed by atoms with Crippen LogP contribution in [0.4, 0.5) is 5.13 Å². The fraction of sp³-hybridized carbons (Fsp3) is 0.200. The van der Waals surface area contributed by atoms with Crippen molar-refractivity contribution in [2.24, 2.45) is 0 Å². The second kappa shape index (κ2) is 9.14. The van der Waals surface area contributed by atoms with Crippen LogP contribution in [-0.4, -0.2) is 34.6 Å². The van der Waals surface area contributed by atoms with Gasteiger partial charge in [-0.25, -0.2) is 0 Å². The first-order valence-corrected chi connectivity index (χ1v) is 10.9. The van der Waals surface area contributed by atoms with Crippen LogP contribution in [0.5, 0.6) is 11.5 Å². The Morgan fingerprint density at radius 3 is 2.73 bits per heavy atom. The van der Waals surface area contributed by atoms with E-state index in [2.05, 4.69) is 20.8 Å². The Balaban J connectivity index is 1.23. The summed E-state index contributed by atoms with van der Waals surface area (Å²) in [5, 5.41) is 13.9. The van der Waals surface area contributed by atoms with E-state index < -0.39 is 0 Å². The van der Waals surface area contributed by atoms with Gasteiger partial charge >= 0.3 is 0 Å². The van der Waals surface area contributed by atoms with Crippen molar-refractivity contribution in [3.63, 3.8) is 0 Å². The molecule has 1 aliphatic heterocycles. The van der Waals surface area contributed by atoms with E-state index in [1.165, 1.54) is 23.1 Å². The molecule has 2 amide bonds. The average Bonchev–Trinajstić information content (AvgIpc) is 3.40. The molecule has 0 saturated carbocycles. The summed E-state index contributed by atoms with van der Waals surface area (Å²) in [5.41, 5.74) is 2.56. The SMILES string of the molecule is Cc1ccc(C(=O)Nc2nnc(SCC(=O)NCc3ccc4c(c3)OCO4)s2)cc1. The van der Waals surface area contributed by atoms with Gasteiger partial charge in [-0.15, -0.1) is 10.2 Å². The number of hydrogen-bond donors (Lipinski definition) is 2. The molecule has 4 rings (SSSR count). The number of hydrogen-bond acceptors (Lipinski definition) is 8. The number of carbonyl (C=O) groups is 2. The highest BCUT2D eigenvalue weighted by molar-refractivity contribution is 8.01. The van der Waals surface area contributed by atoms with Crippen LogP contribution in [0.2, 0.25) is 0 Å². The normalized spacial score (nSPS) is 11.9. The van der Waals surface area contributed by atoms with Gasteiger partial charge < -0.3 is 14.8 Å². The Labute approximate surface area is 181 Å². The Kier molecular flexibility index (Phi) is 6.15. The van der Waals surface area contributed by atoms with Gasteiger partial charge in [-0.1, -0.05) is 46.9 Å². The molecule has 30 heavy (non-hydrogen) atoms. The maximum absolute atomic E-state index is 12.2. The number of rotatable bonds is 7. The molecule has 0 bridgehead atoms. The van der Waals surface area contributed by atoms with Crippen LogP contribution in [0, 0.1) is 6.92 Å². The molecule has 2 aromatic carbocycles. The second-order valence-corrected chi connectivity index (χ2v) is 8.65. The number of fused-ring (bicyclic) bond motifs is 1. The third-order valence-electron chi connectivity index (χ3n) is 4.19. The molecule has 0 fully saturated rings. The molecule has 1 aliphatic rings. The molecule has 3 aromatic rings. The number of carbonyl (C=O) groups excluding carboxylic acids is 2. The van der Waals surface area contributed by atoms with Gasteiger partial charge in [0.15, 0.2) is 15.8 Å². The number of amides is 2. The summed E-state index contributed by atoms with van der Waals surface area (Å²) >= 11 is 2.49. The molecule has 0 radical (unpaired) electrons. The Morgan fingerprint density at radius 1 is 1.10 bits per heavy atom. The molecule has 2 heterocycles. The molecular formula is C20H18N4O4S2. The highest BCUT2D eigenvalue weighted by Gasteiger charge is 2.14. The minimum absolute atomic E-state index is 0.127. The van der Waals surface area contributed by atoms with Crippen LogP contribution in [0.3, 0.4) is 0 Å². The van der Waals surface area contributed by atoms with E-state index in [1.807, 2.05) is 37.3 Å². The summed E-state index contributed by atoms with van der Waals surface area (Å²) in [6.45, 7) is 2.57. The molecule has 0 aliphatic carbocycles. The van der Waals surface area contributed by atoms with Crippen molar-refractivity contribution in [1.29, 1.82) is 0 Å². The van der Waals surface area contributed by atoms with E-state index >= 15 is 0 Å². The van der Waals surface area contributed by atoms with Crippen molar-refractivity contribution < 1.29 is 19.1 Å². The summed E-state index contributed by atoms with van der Waals surface area (Å²) in [5.74, 6) is 1.22. The predicted molar refractivity (Wildman–Crippen MR) is 114 cm³/mol. The Bertz CT molecular complexity index is 1070. The largest absolute Gasteiger partial charge is 0.454 e. The first-order valence-electron chi connectivity index (χ1n) is 9.06. The molecule has 1 aromatic heterocycles. The van der Waals surface area contributed by atoms with Crippen LogP contribution in [0.15, 0.2) is 46.8 Å². The number of benzene rings is 2.